The number of hydrogen-bond donors (Lipinski definition) is 2. The van der Waals surface area contributed by atoms with Crippen LogP contribution in [0.2, 0.25) is 0 Å². The topological polar surface area (TPSA) is 71.1 Å². The Morgan fingerprint density at radius 2 is 1.65 bits per heavy atom. The van der Waals surface area contributed by atoms with E-state index in [0.29, 0.717) is 11.3 Å². The smallest absolute Gasteiger partial charge is 0.255 e. The molecule has 0 aliphatic heterocycles. The zero-order valence-corrected chi connectivity index (χ0v) is 18.8. The normalized spacial score (nSPS) is 10.8. The third-order valence-corrected chi connectivity index (χ3v) is 6.66. The molecule has 0 spiro atoms. The van der Waals surface area contributed by atoms with Gasteiger partial charge >= 0.3 is 0 Å². The second-order valence-corrected chi connectivity index (χ2v) is 9.45. The minimum absolute atomic E-state index is 0.0648. The Morgan fingerprint density at radius 1 is 0.903 bits per heavy atom. The number of aryl methyl sites for hydroxylation is 2. The van der Waals surface area contributed by atoms with E-state index >= 15 is 0 Å². The molecule has 0 aliphatic rings. The number of carbonyl (C=O) groups is 2. The summed E-state index contributed by atoms with van der Waals surface area (Å²) in [5.74, 6) is 0.0666. The minimum Gasteiger partial charge on any atom is -0.325 e. The number of nitrogens with one attached hydrogen (secondary N) is 2. The number of thiazole rings is 1. The average Bonchev–Trinajstić information content (AvgIpc) is 3.14. The Balaban J connectivity index is 1.39. The van der Waals surface area contributed by atoms with Crippen molar-refractivity contribution in [3.8, 4) is 0 Å². The number of anilines is 2. The van der Waals surface area contributed by atoms with Crippen molar-refractivity contribution in [2.24, 2.45) is 0 Å². The molecule has 156 valence electrons. The van der Waals surface area contributed by atoms with Crippen LogP contribution in [0.3, 0.4) is 0 Å². The monoisotopic (exact) mass is 447 g/mol. The van der Waals surface area contributed by atoms with Crippen molar-refractivity contribution < 1.29 is 9.59 Å². The molecule has 0 atom stereocenters. The van der Waals surface area contributed by atoms with E-state index in [9.17, 15) is 9.59 Å². The number of fused-ring (bicyclic) bond motifs is 1. The largest absolute Gasteiger partial charge is 0.325 e. The third-order valence-electron chi connectivity index (χ3n) is 4.49. The number of aromatic nitrogens is 1. The highest BCUT2D eigenvalue weighted by Crippen LogP contribution is 2.31. The van der Waals surface area contributed by atoms with Crippen LogP contribution in [0.15, 0.2) is 71.1 Å². The van der Waals surface area contributed by atoms with E-state index in [1.165, 1.54) is 23.1 Å². The van der Waals surface area contributed by atoms with E-state index < -0.39 is 0 Å². The van der Waals surface area contributed by atoms with Crippen molar-refractivity contribution in [1.29, 1.82) is 0 Å². The van der Waals surface area contributed by atoms with Crippen molar-refractivity contribution in [3.05, 3.63) is 83.4 Å². The molecule has 2 amide bonds. The lowest BCUT2D eigenvalue weighted by atomic mass is 10.1. The van der Waals surface area contributed by atoms with Gasteiger partial charge in [-0.25, -0.2) is 4.98 Å². The van der Waals surface area contributed by atoms with E-state index in [-0.39, 0.29) is 17.6 Å². The SMILES string of the molecule is Cc1cc(C)cc(NC(=O)CSc2nc3ccc(NC(=O)c4ccccc4)cc3s2)c1. The van der Waals surface area contributed by atoms with Crippen molar-refractivity contribution in [1.82, 2.24) is 4.98 Å². The Bertz CT molecular complexity index is 1230. The summed E-state index contributed by atoms with van der Waals surface area (Å²) in [4.78, 5) is 29.3. The standard InChI is InChI=1S/C24H21N3O2S2/c1-15-10-16(2)12-19(11-15)25-22(28)14-30-24-27-20-9-8-18(13-21(20)31-24)26-23(29)17-6-4-3-5-7-17/h3-13H,14H2,1-2H3,(H,25,28)(H,26,29). The van der Waals surface area contributed by atoms with Crippen LogP contribution in [0, 0.1) is 13.8 Å². The van der Waals surface area contributed by atoms with Crippen LogP contribution in [-0.4, -0.2) is 22.6 Å². The highest BCUT2D eigenvalue weighted by Gasteiger charge is 2.11. The van der Waals surface area contributed by atoms with Gasteiger partial charge in [-0.3, -0.25) is 9.59 Å². The molecule has 0 saturated carbocycles. The molecule has 0 unspecified atom stereocenters. The van der Waals surface area contributed by atoms with E-state index in [2.05, 4.69) is 21.7 Å². The molecule has 0 saturated heterocycles. The Morgan fingerprint density at radius 3 is 2.39 bits per heavy atom. The molecule has 4 aromatic rings. The van der Waals surface area contributed by atoms with Crippen molar-refractivity contribution in [2.75, 3.05) is 16.4 Å². The number of benzene rings is 3. The molecule has 0 bridgehead atoms. The molecule has 4 rings (SSSR count). The van der Waals surface area contributed by atoms with Gasteiger partial charge in [0.1, 0.15) is 0 Å². The molecule has 1 aromatic heterocycles. The number of nitrogens with zero attached hydrogens (tertiary/aromatic N) is 1. The summed E-state index contributed by atoms with van der Waals surface area (Å²) in [5.41, 5.74) is 5.21. The second-order valence-electron chi connectivity index (χ2n) is 7.20. The molecule has 0 aliphatic carbocycles. The molecule has 0 radical (unpaired) electrons. The molecule has 7 heteroatoms. The molecule has 5 nitrogen and oxygen atoms in total. The number of carbonyl (C=O) groups excluding carboxylic acids is 2. The fraction of sp³-hybridized carbons (Fsp3) is 0.125. The lowest BCUT2D eigenvalue weighted by Crippen LogP contribution is -2.14. The van der Waals surface area contributed by atoms with Crippen LogP contribution in [-0.2, 0) is 4.79 Å². The summed E-state index contributed by atoms with van der Waals surface area (Å²) in [6.45, 7) is 4.02. The van der Waals surface area contributed by atoms with Crippen molar-refractivity contribution in [3.63, 3.8) is 0 Å². The van der Waals surface area contributed by atoms with Gasteiger partial charge in [0.2, 0.25) is 5.91 Å². The lowest BCUT2D eigenvalue weighted by Gasteiger charge is -2.06. The minimum atomic E-state index is -0.151. The van der Waals surface area contributed by atoms with Crippen molar-refractivity contribution >= 4 is 56.5 Å². The van der Waals surface area contributed by atoms with E-state index in [1.807, 2.05) is 62.4 Å². The van der Waals surface area contributed by atoms with Crippen LogP contribution in [0.1, 0.15) is 21.5 Å². The van der Waals surface area contributed by atoms with Gasteiger partial charge in [0.05, 0.1) is 16.0 Å². The predicted molar refractivity (Wildman–Crippen MR) is 129 cm³/mol. The summed E-state index contributed by atoms with van der Waals surface area (Å²) >= 11 is 2.91. The van der Waals surface area contributed by atoms with Gasteiger partial charge in [-0.15, -0.1) is 11.3 Å². The maximum Gasteiger partial charge on any atom is 0.255 e. The molecular weight excluding hydrogens is 426 g/mol. The number of rotatable bonds is 6. The van der Waals surface area contributed by atoms with Gasteiger partial charge in [-0.1, -0.05) is 36.0 Å². The van der Waals surface area contributed by atoms with Gasteiger partial charge in [-0.2, -0.15) is 0 Å². The van der Waals surface area contributed by atoms with Gasteiger partial charge in [-0.05, 0) is 67.4 Å². The molecular formula is C24H21N3O2S2. The summed E-state index contributed by atoms with van der Waals surface area (Å²) in [7, 11) is 0. The maximum atomic E-state index is 12.4. The molecule has 0 fully saturated rings. The summed E-state index contributed by atoms with van der Waals surface area (Å²) in [6.07, 6.45) is 0. The molecule has 31 heavy (non-hydrogen) atoms. The predicted octanol–water partition coefficient (Wildman–Crippen LogP) is 5.90. The summed E-state index contributed by atoms with van der Waals surface area (Å²) in [6, 6.07) is 20.7. The van der Waals surface area contributed by atoms with E-state index in [4.69, 9.17) is 0 Å². The van der Waals surface area contributed by atoms with Gasteiger partial charge in [0.15, 0.2) is 4.34 Å². The Kier molecular flexibility index (Phi) is 6.34. The van der Waals surface area contributed by atoms with Crippen LogP contribution in [0.25, 0.3) is 10.2 Å². The molecule has 1 heterocycles. The summed E-state index contributed by atoms with van der Waals surface area (Å²) in [5, 5.41) is 5.86. The van der Waals surface area contributed by atoms with Gasteiger partial charge < -0.3 is 10.6 Å². The van der Waals surface area contributed by atoms with E-state index in [1.54, 1.807) is 12.1 Å². The first-order chi connectivity index (χ1) is 15.0. The Labute approximate surface area is 188 Å². The average molecular weight is 448 g/mol. The molecule has 2 N–H and O–H groups in total. The first-order valence-electron chi connectivity index (χ1n) is 9.74. The van der Waals surface area contributed by atoms with E-state index in [0.717, 1.165) is 31.4 Å². The lowest BCUT2D eigenvalue weighted by molar-refractivity contribution is -0.113. The number of hydrogen-bond acceptors (Lipinski definition) is 5. The summed E-state index contributed by atoms with van der Waals surface area (Å²) < 4.78 is 1.78. The van der Waals surface area contributed by atoms with Crippen LogP contribution in [0.5, 0.6) is 0 Å². The van der Waals surface area contributed by atoms with Crippen molar-refractivity contribution in [2.45, 2.75) is 18.2 Å². The first-order valence-corrected chi connectivity index (χ1v) is 11.5. The van der Waals surface area contributed by atoms with Crippen LogP contribution < -0.4 is 10.6 Å². The Hall–Kier alpha value is -3.16. The first kappa shape index (κ1) is 21.1. The van der Waals surface area contributed by atoms with Crippen LogP contribution >= 0.6 is 23.1 Å². The second kappa shape index (κ2) is 9.32. The quantitative estimate of drug-likeness (QED) is 0.361. The maximum absolute atomic E-state index is 12.4. The number of amides is 2. The fourth-order valence-electron chi connectivity index (χ4n) is 3.21. The van der Waals surface area contributed by atoms with Gasteiger partial charge in [0, 0.05) is 16.9 Å². The molecule has 3 aromatic carbocycles. The highest BCUT2D eigenvalue weighted by atomic mass is 32.2. The highest BCUT2D eigenvalue weighted by molar-refractivity contribution is 8.01. The number of thioether (sulfide) groups is 1. The zero-order valence-electron chi connectivity index (χ0n) is 17.1. The van der Waals surface area contributed by atoms with Crippen LogP contribution in [0.4, 0.5) is 11.4 Å². The third kappa shape index (κ3) is 5.51. The fourth-order valence-corrected chi connectivity index (χ4v) is 5.11. The zero-order chi connectivity index (χ0) is 21.8. The van der Waals surface area contributed by atoms with Gasteiger partial charge in [0.25, 0.3) is 5.91 Å².